The summed E-state index contributed by atoms with van der Waals surface area (Å²) < 4.78 is 50.2. The Kier molecular flexibility index (Phi) is 8.53. The van der Waals surface area contributed by atoms with Gasteiger partial charge in [0, 0.05) is 0 Å². The Morgan fingerprint density at radius 3 is 2.33 bits per heavy atom. The molecule has 33 heavy (non-hydrogen) atoms. The first-order chi connectivity index (χ1) is 15.0. The molecule has 0 aromatic carbocycles. The Morgan fingerprint density at radius 2 is 1.76 bits per heavy atom. The Labute approximate surface area is 182 Å². The molecule has 0 saturated carbocycles. The SMILES string of the molecule is Nc1nc(N[C@H]2O[C@H](COP(=O)(O)OP(=O)(O)OP(=O)(O)O)[C@@H](O)[C@H]2O)c(NC=O)c(=O)[nH]1. The fraction of sp³-hybridized carbons (Fsp3) is 0.500. The highest BCUT2D eigenvalue weighted by molar-refractivity contribution is 7.66. The molecule has 0 radical (unpaired) electrons. The number of aromatic nitrogens is 2. The van der Waals surface area contributed by atoms with Gasteiger partial charge in [-0.3, -0.25) is 19.1 Å². The second kappa shape index (κ2) is 10.2. The van der Waals surface area contributed by atoms with Crippen molar-refractivity contribution >= 4 is 47.3 Å². The fourth-order valence-electron chi connectivity index (χ4n) is 2.40. The van der Waals surface area contributed by atoms with Gasteiger partial charge in [-0.15, -0.1) is 0 Å². The van der Waals surface area contributed by atoms with Crippen molar-refractivity contribution in [3.63, 3.8) is 0 Å². The molecule has 2 rings (SSSR count). The van der Waals surface area contributed by atoms with Gasteiger partial charge in [0.15, 0.2) is 12.0 Å². The van der Waals surface area contributed by atoms with Crippen LogP contribution in [0.1, 0.15) is 0 Å². The lowest BCUT2D eigenvalue weighted by Gasteiger charge is -2.19. The number of phosphoric acid groups is 3. The van der Waals surface area contributed by atoms with Gasteiger partial charge in [0.1, 0.15) is 24.0 Å². The van der Waals surface area contributed by atoms with Gasteiger partial charge < -0.3 is 50.9 Å². The zero-order valence-electron chi connectivity index (χ0n) is 15.8. The van der Waals surface area contributed by atoms with Crippen LogP contribution in [0, 0.1) is 0 Å². The molecule has 0 bridgehead atoms. The molecule has 1 aromatic heterocycles. The van der Waals surface area contributed by atoms with Gasteiger partial charge in [-0.2, -0.15) is 13.6 Å². The van der Waals surface area contributed by atoms with Gasteiger partial charge in [-0.25, -0.2) is 13.7 Å². The number of rotatable bonds is 11. The molecule has 1 fully saturated rings. The topological polar surface area (TPSA) is 322 Å². The summed E-state index contributed by atoms with van der Waals surface area (Å²) in [6, 6.07) is 0. The Hall–Kier alpha value is -1.76. The number of nitrogens with zero attached hydrogens (tertiary/aromatic N) is 1. The average Bonchev–Trinajstić information content (AvgIpc) is 2.88. The number of amides is 1. The molecular weight excluding hydrogens is 523 g/mol. The molecule has 188 valence electrons. The number of aliphatic hydroxyl groups is 2. The monoisotopic (exact) mass is 541 g/mol. The summed E-state index contributed by atoms with van der Waals surface area (Å²) in [5.74, 6) is -0.774. The number of anilines is 3. The average molecular weight is 541 g/mol. The summed E-state index contributed by atoms with van der Waals surface area (Å²) in [4.78, 5) is 63.8. The second-order valence-electron chi connectivity index (χ2n) is 6.04. The number of nitrogen functional groups attached to an aromatic ring is 1. The minimum atomic E-state index is -5.76. The zero-order valence-corrected chi connectivity index (χ0v) is 18.5. The number of phosphoric ester groups is 1. The second-order valence-corrected chi connectivity index (χ2v) is 10.5. The van der Waals surface area contributed by atoms with Crippen molar-refractivity contribution in [2.24, 2.45) is 0 Å². The first-order valence-corrected chi connectivity index (χ1v) is 12.7. The summed E-state index contributed by atoms with van der Waals surface area (Å²) in [6.45, 7) is -1.06. The predicted octanol–water partition coefficient (Wildman–Crippen LogP) is -2.88. The summed E-state index contributed by atoms with van der Waals surface area (Å²) in [6.07, 6.45) is -6.58. The highest BCUT2D eigenvalue weighted by atomic mass is 31.3. The number of aromatic amines is 1. The van der Waals surface area contributed by atoms with E-state index in [1.807, 2.05) is 5.32 Å². The number of carbonyl (C=O) groups is 1. The van der Waals surface area contributed by atoms with Crippen molar-refractivity contribution < 1.29 is 66.2 Å². The minimum absolute atomic E-state index is 0.139. The molecule has 0 spiro atoms. The molecule has 1 aliphatic heterocycles. The largest absolute Gasteiger partial charge is 0.490 e. The van der Waals surface area contributed by atoms with E-state index in [9.17, 15) is 38.4 Å². The molecule has 1 aliphatic rings. The van der Waals surface area contributed by atoms with E-state index < -0.39 is 71.8 Å². The van der Waals surface area contributed by atoms with Crippen LogP contribution in [0.2, 0.25) is 0 Å². The highest BCUT2D eigenvalue weighted by Gasteiger charge is 2.46. The van der Waals surface area contributed by atoms with Crippen LogP contribution >= 0.6 is 23.5 Å². The first-order valence-electron chi connectivity index (χ1n) is 8.20. The van der Waals surface area contributed by atoms with Gasteiger partial charge >= 0.3 is 23.5 Å². The third kappa shape index (κ3) is 7.90. The van der Waals surface area contributed by atoms with Crippen LogP contribution in [-0.2, 0) is 36.4 Å². The summed E-state index contributed by atoms with van der Waals surface area (Å²) >= 11 is 0. The maximum absolute atomic E-state index is 11.9. The molecule has 20 nitrogen and oxygen atoms in total. The molecule has 23 heteroatoms. The quantitative estimate of drug-likeness (QED) is 0.0993. The number of hydrogen-bond donors (Lipinski definition) is 10. The molecular formula is C10H18N5O15P3. The number of ether oxygens (including phenoxy) is 1. The Balaban J connectivity index is 2.07. The van der Waals surface area contributed by atoms with Gasteiger partial charge in [-0.1, -0.05) is 0 Å². The third-order valence-electron chi connectivity index (χ3n) is 3.60. The van der Waals surface area contributed by atoms with E-state index in [1.165, 1.54) is 0 Å². The van der Waals surface area contributed by atoms with E-state index in [0.29, 0.717) is 0 Å². The maximum atomic E-state index is 11.9. The molecule has 1 amide bonds. The van der Waals surface area contributed by atoms with Crippen LogP contribution in [0.3, 0.4) is 0 Å². The summed E-state index contributed by atoms with van der Waals surface area (Å²) in [5, 5.41) is 24.6. The predicted molar refractivity (Wildman–Crippen MR) is 103 cm³/mol. The maximum Gasteiger partial charge on any atom is 0.490 e. The van der Waals surface area contributed by atoms with E-state index in [-0.39, 0.29) is 12.2 Å². The van der Waals surface area contributed by atoms with Gasteiger partial charge in [0.25, 0.3) is 5.56 Å². The lowest BCUT2D eigenvalue weighted by Crippen LogP contribution is -2.37. The minimum Gasteiger partial charge on any atom is -0.387 e. The standard InChI is InChI=1S/C10H18N5O15P3/c11-10-14-7(4(12-2-16)8(19)15-10)13-9-6(18)5(17)3(28-9)1-27-32(23,24)30-33(25,26)29-31(20,21)22/h2-3,5-6,9,17-18H,1H2,(H,12,16)(H,23,24)(H,25,26)(H2,20,21,22)(H4,11,13,14,15,19)/t3-,5-,6-,9+/m1/s1. The smallest absolute Gasteiger partial charge is 0.387 e. The lowest BCUT2D eigenvalue weighted by molar-refractivity contribution is -0.105. The highest BCUT2D eigenvalue weighted by Crippen LogP contribution is 2.66. The first kappa shape index (κ1) is 27.5. The van der Waals surface area contributed by atoms with Crippen molar-refractivity contribution in [1.82, 2.24) is 9.97 Å². The summed E-state index contributed by atoms with van der Waals surface area (Å²) in [5.41, 5.74) is 4.09. The normalized spacial score (nSPS) is 26.8. The van der Waals surface area contributed by atoms with E-state index in [4.69, 9.17) is 25.2 Å². The van der Waals surface area contributed by atoms with Crippen LogP contribution < -0.4 is 21.9 Å². The number of aliphatic hydroxyl groups excluding tert-OH is 2. The number of nitrogens with two attached hydrogens (primary N) is 1. The summed E-state index contributed by atoms with van der Waals surface area (Å²) in [7, 11) is -16.9. The number of hydrogen-bond acceptors (Lipinski definition) is 14. The van der Waals surface area contributed by atoms with E-state index in [1.54, 1.807) is 0 Å². The van der Waals surface area contributed by atoms with Gasteiger partial charge in [0.2, 0.25) is 12.4 Å². The molecule has 11 N–H and O–H groups in total. The van der Waals surface area contributed by atoms with E-state index >= 15 is 0 Å². The molecule has 0 aliphatic carbocycles. The zero-order chi connectivity index (χ0) is 25.2. The van der Waals surface area contributed by atoms with Crippen LogP contribution in [0.5, 0.6) is 0 Å². The van der Waals surface area contributed by atoms with Crippen LogP contribution in [-0.4, -0.2) is 77.3 Å². The molecule has 2 unspecified atom stereocenters. The fourth-order valence-corrected chi connectivity index (χ4v) is 5.43. The van der Waals surface area contributed by atoms with Crippen molar-refractivity contribution in [2.75, 3.05) is 23.0 Å². The number of nitrogens with one attached hydrogen (secondary N) is 3. The van der Waals surface area contributed by atoms with Crippen molar-refractivity contribution in [3.8, 4) is 0 Å². The van der Waals surface area contributed by atoms with Crippen LogP contribution in [0.4, 0.5) is 17.5 Å². The molecule has 2 heterocycles. The molecule has 1 aromatic rings. The van der Waals surface area contributed by atoms with Crippen LogP contribution in [0.25, 0.3) is 0 Å². The van der Waals surface area contributed by atoms with E-state index in [0.717, 1.165) is 0 Å². The van der Waals surface area contributed by atoms with Crippen molar-refractivity contribution in [1.29, 1.82) is 0 Å². The Bertz CT molecular complexity index is 1070. The van der Waals surface area contributed by atoms with Crippen LogP contribution in [0.15, 0.2) is 4.79 Å². The number of carbonyl (C=O) groups excluding carboxylic acids is 1. The molecule has 1 saturated heterocycles. The van der Waals surface area contributed by atoms with Crippen molar-refractivity contribution in [2.45, 2.75) is 24.5 Å². The third-order valence-corrected chi connectivity index (χ3v) is 7.40. The van der Waals surface area contributed by atoms with Gasteiger partial charge in [-0.05, 0) is 0 Å². The van der Waals surface area contributed by atoms with Gasteiger partial charge in [0.05, 0.1) is 6.61 Å². The van der Waals surface area contributed by atoms with Crippen molar-refractivity contribution in [3.05, 3.63) is 10.4 Å². The van der Waals surface area contributed by atoms with E-state index in [2.05, 4.69) is 28.4 Å². The lowest BCUT2D eigenvalue weighted by atomic mass is 10.1. The Morgan fingerprint density at radius 1 is 1.12 bits per heavy atom. The molecule has 6 atom stereocenters. The number of H-pyrrole nitrogens is 1.